The van der Waals surface area contributed by atoms with Gasteiger partial charge in [0.1, 0.15) is 11.6 Å². The van der Waals surface area contributed by atoms with E-state index in [0.29, 0.717) is 38.6 Å². The van der Waals surface area contributed by atoms with E-state index in [4.69, 9.17) is 16.3 Å². The molecule has 1 aliphatic heterocycles. The number of benzene rings is 1. The number of nitrogens with one attached hydrogen (secondary N) is 4. The molecular weight excluding hydrogens is 427 g/mol. The van der Waals surface area contributed by atoms with Crippen LogP contribution in [0.4, 0.5) is 4.39 Å². The summed E-state index contributed by atoms with van der Waals surface area (Å²) in [4.78, 5) is 25.1. The van der Waals surface area contributed by atoms with E-state index in [1.54, 1.807) is 0 Å². The Labute approximate surface area is 185 Å². The van der Waals surface area contributed by atoms with Gasteiger partial charge in [-0.15, -0.1) is 0 Å². The zero-order chi connectivity index (χ0) is 22.1. The Hall–Kier alpha value is -1.94. The number of amides is 2. The smallest absolute Gasteiger partial charge is 0.258 e. The van der Waals surface area contributed by atoms with E-state index in [1.807, 2.05) is 0 Å². The number of aliphatic hydroxyl groups excluding tert-OH is 1. The van der Waals surface area contributed by atoms with Gasteiger partial charge in [0.15, 0.2) is 6.61 Å². The highest BCUT2D eigenvalue weighted by Crippen LogP contribution is 2.47. The number of hydrogen-bond acceptors (Lipinski definition) is 6. The lowest BCUT2D eigenvalue weighted by atomic mass is 9.59. The van der Waals surface area contributed by atoms with Gasteiger partial charge < -0.3 is 31.1 Å². The second kappa shape index (κ2) is 8.90. The van der Waals surface area contributed by atoms with E-state index in [0.717, 1.165) is 19.2 Å². The molecule has 1 aromatic rings. The molecule has 1 saturated heterocycles. The van der Waals surface area contributed by atoms with E-state index in [1.165, 1.54) is 12.1 Å². The molecule has 1 heterocycles. The number of carbonyl (C=O) groups excluding carboxylic acids is 2. The van der Waals surface area contributed by atoms with Crippen LogP contribution in [-0.2, 0) is 9.59 Å². The third-order valence-electron chi connectivity index (χ3n) is 6.72. The van der Waals surface area contributed by atoms with Crippen molar-refractivity contribution in [1.29, 1.82) is 0 Å². The van der Waals surface area contributed by atoms with Crippen LogP contribution in [0.5, 0.6) is 5.75 Å². The largest absolute Gasteiger partial charge is 0.484 e. The minimum atomic E-state index is -0.773. The summed E-state index contributed by atoms with van der Waals surface area (Å²) in [6.07, 6.45) is 2.10. The minimum absolute atomic E-state index is 0.0191. The number of aliphatic hydroxyl groups is 1. The molecule has 2 amide bonds. The molecule has 8 nitrogen and oxygen atoms in total. The Kier molecular flexibility index (Phi) is 6.39. The molecule has 3 aliphatic carbocycles. The van der Waals surface area contributed by atoms with Gasteiger partial charge in [0, 0.05) is 31.2 Å². The fraction of sp³-hybridized carbons (Fsp3) is 0.619. The van der Waals surface area contributed by atoms with Crippen LogP contribution in [0.15, 0.2) is 18.2 Å². The second-order valence-corrected chi connectivity index (χ2v) is 9.18. The molecule has 170 valence electrons. The second-order valence-electron chi connectivity index (χ2n) is 8.77. The van der Waals surface area contributed by atoms with Crippen molar-refractivity contribution < 1.29 is 23.8 Å². The SMILES string of the molecule is O=C(COc1ccc(Cl)c(F)c1)NC12CCC(NC(=O)C3CNCCN3)(CC1)C[C@@H]2O. The third-order valence-corrected chi connectivity index (χ3v) is 7.02. The molecule has 10 heteroatoms. The van der Waals surface area contributed by atoms with Crippen LogP contribution in [-0.4, -0.2) is 66.4 Å². The Morgan fingerprint density at radius 3 is 2.65 bits per heavy atom. The summed E-state index contributed by atoms with van der Waals surface area (Å²) in [5.41, 5.74) is -1.18. The molecule has 4 aliphatic rings. The molecule has 0 spiro atoms. The molecule has 3 saturated carbocycles. The molecule has 2 atom stereocenters. The van der Waals surface area contributed by atoms with Crippen molar-refractivity contribution in [2.75, 3.05) is 26.2 Å². The van der Waals surface area contributed by atoms with Crippen molar-refractivity contribution in [3.05, 3.63) is 29.0 Å². The molecule has 4 fully saturated rings. The van der Waals surface area contributed by atoms with Gasteiger partial charge in [0.25, 0.3) is 5.91 Å². The van der Waals surface area contributed by atoms with Crippen LogP contribution >= 0.6 is 11.6 Å². The van der Waals surface area contributed by atoms with E-state index in [-0.39, 0.29) is 35.2 Å². The molecule has 5 rings (SSSR count). The molecule has 2 bridgehead atoms. The van der Waals surface area contributed by atoms with Gasteiger partial charge in [-0.3, -0.25) is 9.59 Å². The highest BCUT2D eigenvalue weighted by Gasteiger charge is 2.55. The van der Waals surface area contributed by atoms with Gasteiger partial charge >= 0.3 is 0 Å². The van der Waals surface area contributed by atoms with Crippen LogP contribution < -0.4 is 26.0 Å². The maximum Gasteiger partial charge on any atom is 0.258 e. The Morgan fingerprint density at radius 2 is 2.00 bits per heavy atom. The van der Waals surface area contributed by atoms with E-state index < -0.39 is 23.0 Å². The first kappa shape index (κ1) is 22.3. The standard InChI is InChI=1S/C21H28ClFN4O4/c22-14-2-1-13(9-15(14)23)31-12-18(29)26-21-5-3-20(4-6-21,10-17(21)28)27-19(30)16-11-24-7-8-25-16/h1-2,9,16-17,24-25,28H,3-8,10-12H2,(H,26,29)(H,27,30)/t16?,17-,20?,21?/m0/s1. The summed E-state index contributed by atoms with van der Waals surface area (Å²) < 4.78 is 18.9. The highest BCUT2D eigenvalue weighted by atomic mass is 35.5. The fourth-order valence-corrected chi connectivity index (χ4v) is 5.00. The van der Waals surface area contributed by atoms with Gasteiger partial charge in [-0.25, -0.2) is 4.39 Å². The van der Waals surface area contributed by atoms with Gasteiger partial charge in [0.05, 0.1) is 22.7 Å². The molecule has 0 aromatic heterocycles. The fourth-order valence-electron chi connectivity index (χ4n) is 4.88. The summed E-state index contributed by atoms with van der Waals surface area (Å²) in [5, 5.41) is 23.3. The number of carbonyl (C=O) groups is 2. The molecular formula is C21H28ClFN4O4. The van der Waals surface area contributed by atoms with Crippen LogP contribution in [0, 0.1) is 5.82 Å². The first-order valence-corrected chi connectivity index (χ1v) is 11.0. The number of ether oxygens (including phenoxy) is 1. The van der Waals surface area contributed by atoms with Crippen LogP contribution in [0.2, 0.25) is 5.02 Å². The Bertz CT molecular complexity index is 841. The number of piperazine rings is 1. The number of fused-ring (bicyclic) bond motifs is 3. The van der Waals surface area contributed by atoms with Crippen molar-refractivity contribution >= 4 is 23.4 Å². The molecule has 1 aromatic carbocycles. The maximum absolute atomic E-state index is 13.5. The highest BCUT2D eigenvalue weighted by molar-refractivity contribution is 6.30. The van der Waals surface area contributed by atoms with Crippen molar-refractivity contribution in [3.8, 4) is 5.75 Å². The lowest BCUT2D eigenvalue weighted by Gasteiger charge is -2.56. The van der Waals surface area contributed by atoms with Gasteiger partial charge in [-0.1, -0.05) is 11.6 Å². The number of rotatable bonds is 6. The summed E-state index contributed by atoms with van der Waals surface area (Å²) in [7, 11) is 0. The van der Waals surface area contributed by atoms with Crippen LogP contribution in [0.1, 0.15) is 32.1 Å². The summed E-state index contributed by atoms with van der Waals surface area (Å²) in [6.45, 7) is 1.87. The predicted octanol–water partition coefficient (Wildman–Crippen LogP) is 0.468. The maximum atomic E-state index is 13.5. The van der Waals surface area contributed by atoms with E-state index >= 15 is 0 Å². The quantitative estimate of drug-likeness (QED) is 0.427. The minimum Gasteiger partial charge on any atom is -0.484 e. The van der Waals surface area contributed by atoms with Crippen molar-refractivity contribution in [3.63, 3.8) is 0 Å². The molecule has 5 N–H and O–H groups in total. The Balaban J connectivity index is 1.31. The van der Waals surface area contributed by atoms with Gasteiger partial charge in [-0.05, 0) is 44.2 Å². The third kappa shape index (κ3) is 4.79. The Morgan fingerprint density at radius 1 is 1.23 bits per heavy atom. The predicted molar refractivity (Wildman–Crippen MR) is 112 cm³/mol. The molecule has 1 unspecified atom stereocenters. The van der Waals surface area contributed by atoms with Crippen molar-refractivity contribution in [2.45, 2.75) is 55.3 Å². The first-order chi connectivity index (χ1) is 14.8. The summed E-state index contributed by atoms with van der Waals surface area (Å²) in [6, 6.07) is 3.70. The van der Waals surface area contributed by atoms with E-state index in [2.05, 4.69) is 21.3 Å². The normalized spacial score (nSPS) is 32.4. The average molecular weight is 455 g/mol. The lowest BCUT2D eigenvalue weighted by molar-refractivity contribution is -0.137. The van der Waals surface area contributed by atoms with Gasteiger partial charge in [0.2, 0.25) is 5.91 Å². The van der Waals surface area contributed by atoms with Crippen molar-refractivity contribution in [1.82, 2.24) is 21.3 Å². The van der Waals surface area contributed by atoms with Crippen molar-refractivity contribution in [2.24, 2.45) is 0 Å². The summed E-state index contributed by atoms with van der Waals surface area (Å²) in [5.74, 6) is -0.854. The number of hydrogen-bond donors (Lipinski definition) is 5. The number of halogens is 2. The monoisotopic (exact) mass is 454 g/mol. The zero-order valence-electron chi connectivity index (χ0n) is 17.2. The van der Waals surface area contributed by atoms with Crippen LogP contribution in [0.25, 0.3) is 0 Å². The molecule has 0 radical (unpaired) electrons. The van der Waals surface area contributed by atoms with Gasteiger partial charge in [-0.2, -0.15) is 0 Å². The van der Waals surface area contributed by atoms with Crippen LogP contribution in [0.3, 0.4) is 0 Å². The topological polar surface area (TPSA) is 112 Å². The molecule has 31 heavy (non-hydrogen) atoms. The summed E-state index contributed by atoms with van der Waals surface area (Å²) >= 11 is 5.65. The lowest BCUT2D eigenvalue weighted by Crippen LogP contribution is -2.71. The zero-order valence-corrected chi connectivity index (χ0v) is 17.9. The average Bonchev–Trinajstić information content (AvgIpc) is 2.76. The first-order valence-electron chi connectivity index (χ1n) is 10.6. The van der Waals surface area contributed by atoms with E-state index in [9.17, 15) is 19.1 Å².